The van der Waals surface area contributed by atoms with Crippen molar-refractivity contribution in [3.8, 4) is 0 Å². The van der Waals surface area contributed by atoms with Crippen molar-refractivity contribution in [2.75, 3.05) is 6.54 Å². The Morgan fingerprint density at radius 2 is 1.54 bits per heavy atom. The predicted molar refractivity (Wildman–Crippen MR) is 110 cm³/mol. The van der Waals surface area contributed by atoms with E-state index < -0.39 is 6.04 Å². The molecule has 0 aliphatic rings. The number of rotatable bonds is 7. The normalized spacial score (nSPS) is 12.0. The second kappa shape index (κ2) is 9.13. The van der Waals surface area contributed by atoms with Crippen LogP contribution >= 0.6 is 0 Å². The third kappa shape index (κ3) is 4.74. The number of nitrogens with one attached hydrogen (secondary N) is 1. The lowest BCUT2D eigenvalue weighted by Crippen LogP contribution is -2.37. The van der Waals surface area contributed by atoms with Crippen LogP contribution in [0.1, 0.15) is 42.1 Å². The average molecular weight is 375 g/mol. The van der Waals surface area contributed by atoms with Crippen LogP contribution in [-0.4, -0.2) is 22.2 Å². The number of amides is 1. The van der Waals surface area contributed by atoms with Crippen molar-refractivity contribution < 1.29 is 4.79 Å². The van der Waals surface area contributed by atoms with Gasteiger partial charge in [0.2, 0.25) is 5.91 Å². The van der Waals surface area contributed by atoms with Crippen LogP contribution in [0, 0.1) is 6.92 Å². The van der Waals surface area contributed by atoms with Crippen LogP contribution in [0.2, 0.25) is 0 Å². The molecule has 1 heterocycles. The van der Waals surface area contributed by atoms with Crippen LogP contribution < -0.4 is 10.9 Å². The Balaban J connectivity index is 1.68. The zero-order valence-corrected chi connectivity index (χ0v) is 16.2. The van der Waals surface area contributed by atoms with E-state index in [2.05, 4.69) is 34.7 Å². The van der Waals surface area contributed by atoms with Gasteiger partial charge in [-0.25, -0.2) is 4.68 Å². The predicted octanol–water partition coefficient (Wildman–Crippen LogP) is 3.45. The minimum atomic E-state index is -0.653. The Morgan fingerprint density at radius 1 is 0.964 bits per heavy atom. The smallest absolute Gasteiger partial charge is 0.267 e. The molecule has 0 aliphatic carbocycles. The van der Waals surface area contributed by atoms with Gasteiger partial charge in [0.1, 0.15) is 6.04 Å². The number of hydrogen-bond acceptors (Lipinski definition) is 3. The number of carbonyl (C=O) groups is 1. The molecule has 0 radical (unpaired) electrons. The largest absolute Gasteiger partial charge is 0.354 e. The highest BCUT2D eigenvalue weighted by atomic mass is 16.2. The highest BCUT2D eigenvalue weighted by Gasteiger charge is 2.19. The monoisotopic (exact) mass is 375 g/mol. The third-order valence-corrected chi connectivity index (χ3v) is 4.84. The van der Waals surface area contributed by atoms with Crippen LogP contribution in [0.15, 0.2) is 77.6 Å². The molecule has 1 N–H and O–H groups in total. The van der Waals surface area contributed by atoms with E-state index in [-0.39, 0.29) is 17.4 Å². The molecule has 144 valence electrons. The van der Waals surface area contributed by atoms with Gasteiger partial charge in [0.25, 0.3) is 5.56 Å². The summed E-state index contributed by atoms with van der Waals surface area (Å²) in [6.45, 7) is 4.00. The SMILES string of the molecule is Cc1ccc(=O)n(C(C)C(=O)NCCC(c2ccccc2)c2ccccc2)n1. The van der Waals surface area contributed by atoms with Crippen LogP contribution in [-0.2, 0) is 4.79 Å². The standard InChI is InChI=1S/C23H25N3O2/c1-17-13-14-22(27)26(25-17)18(2)23(28)24-16-15-21(19-9-5-3-6-10-19)20-11-7-4-8-12-20/h3-14,18,21H,15-16H2,1-2H3,(H,24,28). The lowest BCUT2D eigenvalue weighted by molar-refractivity contribution is -0.124. The summed E-state index contributed by atoms with van der Waals surface area (Å²) in [6.07, 6.45) is 0.766. The Bertz CT molecular complexity index is 928. The number of aryl methyl sites for hydroxylation is 1. The fraction of sp³-hybridized carbons (Fsp3) is 0.261. The number of hydrogen-bond donors (Lipinski definition) is 1. The number of nitrogens with zero attached hydrogens (tertiary/aromatic N) is 2. The van der Waals surface area contributed by atoms with Gasteiger partial charge in [-0.05, 0) is 37.5 Å². The van der Waals surface area contributed by atoms with Gasteiger partial charge in [0, 0.05) is 18.5 Å². The Labute approximate surface area is 165 Å². The maximum Gasteiger partial charge on any atom is 0.267 e. The summed E-state index contributed by atoms with van der Waals surface area (Å²) >= 11 is 0. The van der Waals surface area contributed by atoms with E-state index in [1.807, 2.05) is 36.4 Å². The van der Waals surface area contributed by atoms with Crippen molar-refractivity contribution in [3.63, 3.8) is 0 Å². The summed E-state index contributed by atoms with van der Waals surface area (Å²) in [6, 6.07) is 23.0. The van der Waals surface area contributed by atoms with Gasteiger partial charge < -0.3 is 5.32 Å². The molecule has 5 nitrogen and oxygen atoms in total. The number of benzene rings is 2. The minimum absolute atomic E-state index is 0.192. The van der Waals surface area contributed by atoms with Gasteiger partial charge in [-0.2, -0.15) is 5.10 Å². The van der Waals surface area contributed by atoms with E-state index in [0.29, 0.717) is 12.2 Å². The highest BCUT2D eigenvalue weighted by molar-refractivity contribution is 5.79. The Kier molecular flexibility index (Phi) is 6.37. The molecule has 3 aromatic rings. The summed E-state index contributed by atoms with van der Waals surface area (Å²) in [5.41, 5.74) is 2.85. The molecule has 3 rings (SSSR count). The van der Waals surface area contributed by atoms with Crippen LogP contribution in [0.4, 0.5) is 0 Å². The van der Waals surface area contributed by atoms with Crippen molar-refractivity contribution in [2.45, 2.75) is 32.2 Å². The second-order valence-electron chi connectivity index (χ2n) is 6.89. The lowest BCUT2D eigenvalue weighted by Gasteiger charge is -2.19. The molecule has 0 saturated heterocycles. The first-order chi connectivity index (χ1) is 13.6. The quantitative estimate of drug-likeness (QED) is 0.688. The highest BCUT2D eigenvalue weighted by Crippen LogP contribution is 2.27. The maximum absolute atomic E-state index is 12.6. The summed E-state index contributed by atoms with van der Waals surface area (Å²) in [4.78, 5) is 24.5. The number of aromatic nitrogens is 2. The van der Waals surface area contributed by atoms with Crippen LogP contribution in [0.3, 0.4) is 0 Å². The maximum atomic E-state index is 12.6. The average Bonchev–Trinajstić information content (AvgIpc) is 2.73. The topological polar surface area (TPSA) is 64.0 Å². The Hall–Kier alpha value is -3.21. The number of carbonyl (C=O) groups excluding carboxylic acids is 1. The van der Waals surface area contributed by atoms with Crippen molar-refractivity contribution in [3.05, 3.63) is 100.0 Å². The fourth-order valence-electron chi connectivity index (χ4n) is 3.29. The molecule has 0 saturated carbocycles. The van der Waals surface area contributed by atoms with E-state index in [1.165, 1.54) is 21.9 Å². The lowest BCUT2D eigenvalue weighted by atomic mass is 9.88. The van der Waals surface area contributed by atoms with Crippen molar-refractivity contribution in [2.24, 2.45) is 0 Å². The molecule has 0 fully saturated rings. The molecule has 2 aromatic carbocycles. The summed E-state index contributed by atoms with van der Waals surface area (Å²) in [5, 5.41) is 7.13. The summed E-state index contributed by atoms with van der Waals surface area (Å²) in [7, 11) is 0. The van der Waals surface area contributed by atoms with Gasteiger partial charge in [-0.3, -0.25) is 9.59 Å². The fourth-order valence-corrected chi connectivity index (χ4v) is 3.29. The molecule has 28 heavy (non-hydrogen) atoms. The third-order valence-electron chi connectivity index (χ3n) is 4.84. The molecule has 0 aliphatic heterocycles. The molecule has 0 spiro atoms. The first-order valence-electron chi connectivity index (χ1n) is 9.50. The molecular formula is C23H25N3O2. The van der Waals surface area contributed by atoms with Gasteiger partial charge in [0.15, 0.2) is 0 Å². The zero-order chi connectivity index (χ0) is 19.9. The molecule has 1 atom stereocenters. The van der Waals surface area contributed by atoms with E-state index in [9.17, 15) is 9.59 Å². The van der Waals surface area contributed by atoms with Gasteiger partial charge >= 0.3 is 0 Å². The molecule has 0 bridgehead atoms. The van der Waals surface area contributed by atoms with E-state index in [1.54, 1.807) is 19.9 Å². The van der Waals surface area contributed by atoms with Gasteiger partial charge in [-0.15, -0.1) is 0 Å². The van der Waals surface area contributed by atoms with E-state index in [4.69, 9.17) is 0 Å². The second-order valence-corrected chi connectivity index (χ2v) is 6.89. The van der Waals surface area contributed by atoms with Crippen LogP contribution in [0.5, 0.6) is 0 Å². The zero-order valence-electron chi connectivity index (χ0n) is 16.2. The van der Waals surface area contributed by atoms with Crippen molar-refractivity contribution in [1.82, 2.24) is 15.1 Å². The molecule has 5 heteroatoms. The summed E-state index contributed by atoms with van der Waals surface area (Å²) < 4.78 is 1.23. The minimum Gasteiger partial charge on any atom is -0.354 e. The molecule has 1 amide bonds. The van der Waals surface area contributed by atoms with Crippen LogP contribution in [0.25, 0.3) is 0 Å². The van der Waals surface area contributed by atoms with Crippen molar-refractivity contribution >= 4 is 5.91 Å². The molecular weight excluding hydrogens is 350 g/mol. The molecule has 1 unspecified atom stereocenters. The van der Waals surface area contributed by atoms with E-state index in [0.717, 1.165) is 6.42 Å². The van der Waals surface area contributed by atoms with E-state index >= 15 is 0 Å². The van der Waals surface area contributed by atoms with Gasteiger partial charge in [-0.1, -0.05) is 60.7 Å². The Morgan fingerprint density at radius 3 is 2.11 bits per heavy atom. The first kappa shape index (κ1) is 19.5. The van der Waals surface area contributed by atoms with Gasteiger partial charge in [0.05, 0.1) is 5.69 Å². The van der Waals surface area contributed by atoms with Crippen molar-refractivity contribution in [1.29, 1.82) is 0 Å². The summed E-state index contributed by atoms with van der Waals surface area (Å²) in [5.74, 6) is -0.0158. The molecule has 1 aromatic heterocycles. The first-order valence-corrected chi connectivity index (χ1v) is 9.50.